The molecule has 1 rings (SSSR count). The van der Waals surface area contributed by atoms with Crippen molar-refractivity contribution in [3.63, 3.8) is 0 Å². The van der Waals surface area contributed by atoms with Crippen molar-refractivity contribution in [2.24, 2.45) is 11.1 Å². The van der Waals surface area contributed by atoms with E-state index in [0.717, 1.165) is 6.42 Å². The monoisotopic (exact) mass is 327 g/mol. The largest absolute Gasteiger partial charge is 0.352 e. The summed E-state index contributed by atoms with van der Waals surface area (Å²) < 4.78 is 0. The number of anilines is 1. The van der Waals surface area contributed by atoms with E-state index >= 15 is 0 Å². The van der Waals surface area contributed by atoms with Crippen molar-refractivity contribution in [3.05, 3.63) is 29.8 Å². The van der Waals surface area contributed by atoms with Gasteiger partial charge in [0.05, 0.1) is 6.04 Å². The van der Waals surface area contributed by atoms with Crippen LogP contribution in [-0.2, 0) is 4.79 Å². The summed E-state index contributed by atoms with van der Waals surface area (Å²) in [5, 5.41) is 5.56. The molecule has 124 valence electrons. The minimum absolute atomic E-state index is 0. The molecule has 0 heterocycles. The maximum Gasteiger partial charge on any atom is 0.251 e. The molecule has 0 aliphatic rings. The lowest BCUT2D eigenvalue weighted by atomic mass is 9.87. The quantitative estimate of drug-likeness (QED) is 0.777. The summed E-state index contributed by atoms with van der Waals surface area (Å²) in [7, 11) is 0. The lowest BCUT2D eigenvalue weighted by Crippen LogP contribution is -2.45. The summed E-state index contributed by atoms with van der Waals surface area (Å²) in [4.78, 5) is 24.0. The molecule has 0 spiro atoms. The summed E-state index contributed by atoms with van der Waals surface area (Å²) in [6.07, 6.45) is 0.878. The van der Waals surface area contributed by atoms with Gasteiger partial charge >= 0.3 is 0 Å². The van der Waals surface area contributed by atoms with Gasteiger partial charge in [0.1, 0.15) is 0 Å². The van der Waals surface area contributed by atoms with Crippen LogP contribution >= 0.6 is 12.4 Å². The Morgan fingerprint density at radius 1 is 1.27 bits per heavy atom. The van der Waals surface area contributed by atoms with Crippen LogP contribution in [0.4, 0.5) is 5.69 Å². The van der Waals surface area contributed by atoms with Crippen molar-refractivity contribution in [2.75, 3.05) is 11.9 Å². The second-order valence-electron chi connectivity index (χ2n) is 6.17. The molecule has 1 aromatic carbocycles. The maximum atomic E-state index is 12.1. The smallest absolute Gasteiger partial charge is 0.251 e. The van der Waals surface area contributed by atoms with Gasteiger partial charge in [0, 0.05) is 17.8 Å². The fraction of sp³-hybridized carbons (Fsp3) is 0.500. The van der Waals surface area contributed by atoms with Crippen LogP contribution < -0.4 is 16.4 Å². The van der Waals surface area contributed by atoms with Crippen molar-refractivity contribution < 1.29 is 9.59 Å². The SMILES string of the molecule is CCCNC(=O)c1cccc(NC(=O)[C@@H](N)C(C)(C)C)c1.Cl. The Balaban J connectivity index is 0.00000441. The van der Waals surface area contributed by atoms with E-state index in [1.807, 2.05) is 27.7 Å². The van der Waals surface area contributed by atoms with Crippen LogP contribution in [0.5, 0.6) is 0 Å². The van der Waals surface area contributed by atoms with Gasteiger partial charge in [0.25, 0.3) is 5.91 Å². The predicted molar refractivity (Wildman–Crippen MR) is 92.4 cm³/mol. The van der Waals surface area contributed by atoms with E-state index in [-0.39, 0.29) is 29.6 Å². The molecule has 0 aliphatic heterocycles. The van der Waals surface area contributed by atoms with E-state index in [1.165, 1.54) is 0 Å². The highest BCUT2D eigenvalue weighted by Crippen LogP contribution is 2.19. The topological polar surface area (TPSA) is 84.2 Å². The fourth-order valence-electron chi connectivity index (χ4n) is 1.69. The molecule has 0 aliphatic carbocycles. The van der Waals surface area contributed by atoms with Crippen molar-refractivity contribution in [3.8, 4) is 0 Å². The van der Waals surface area contributed by atoms with Crippen LogP contribution in [-0.4, -0.2) is 24.4 Å². The lowest BCUT2D eigenvalue weighted by Gasteiger charge is -2.25. The van der Waals surface area contributed by atoms with Gasteiger partial charge in [-0.25, -0.2) is 0 Å². The van der Waals surface area contributed by atoms with Gasteiger partial charge in [-0.3, -0.25) is 9.59 Å². The molecule has 4 N–H and O–H groups in total. The van der Waals surface area contributed by atoms with E-state index in [4.69, 9.17) is 5.73 Å². The van der Waals surface area contributed by atoms with Crippen LogP contribution in [0.1, 0.15) is 44.5 Å². The third kappa shape index (κ3) is 6.03. The Hall–Kier alpha value is -1.59. The molecule has 0 saturated heterocycles. The Kier molecular flexibility index (Phi) is 8.12. The highest BCUT2D eigenvalue weighted by Gasteiger charge is 2.27. The van der Waals surface area contributed by atoms with Gasteiger partial charge in [-0.2, -0.15) is 0 Å². The molecule has 0 bridgehead atoms. The summed E-state index contributed by atoms with van der Waals surface area (Å²) in [5.41, 5.74) is 6.69. The molecular weight excluding hydrogens is 302 g/mol. The minimum Gasteiger partial charge on any atom is -0.352 e. The molecule has 0 unspecified atom stereocenters. The number of hydrogen-bond donors (Lipinski definition) is 3. The fourth-order valence-corrected chi connectivity index (χ4v) is 1.69. The minimum atomic E-state index is -0.616. The van der Waals surface area contributed by atoms with Gasteiger partial charge in [-0.15, -0.1) is 12.4 Å². The molecule has 1 atom stereocenters. The van der Waals surface area contributed by atoms with Gasteiger partial charge in [0.2, 0.25) is 5.91 Å². The van der Waals surface area contributed by atoms with Gasteiger partial charge in [-0.1, -0.05) is 33.8 Å². The van der Waals surface area contributed by atoms with Crippen LogP contribution in [0.3, 0.4) is 0 Å². The number of nitrogens with one attached hydrogen (secondary N) is 2. The average Bonchev–Trinajstić information content (AvgIpc) is 2.43. The molecule has 0 aromatic heterocycles. The number of nitrogens with two attached hydrogens (primary N) is 1. The number of benzene rings is 1. The zero-order chi connectivity index (χ0) is 16.0. The van der Waals surface area contributed by atoms with Crippen molar-refractivity contribution >= 4 is 29.9 Å². The molecule has 6 heteroatoms. The summed E-state index contributed by atoms with van der Waals surface area (Å²) in [6.45, 7) is 8.35. The van der Waals surface area contributed by atoms with Crippen molar-refractivity contribution in [1.82, 2.24) is 5.32 Å². The molecular formula is C16H26ClN3O2. The number of hydrogen-bond acceptors (Lipinski definition) is 3. The third-order valence-corrected chi connectivity index (χ3v) is 3.14. The number of halogens is 1. The van der Waals surface area contributed by atoms with E-state index in [0.29, 0.717) is 17.8 Å². The first-order chi connectivity index (χ1) is 9.75. The second-order valence-corrected chi connectivity index (χ2v) is 6.17. The zero-order valence-corrected chi connectivity index (χ0v) is 14.4. The third-order valence-electron chi connectivity index (χ3n) is 3.14. The molecule has 0 fully saturated rings. The predicted octanol–water partition coefficient (Wildman–Crippen LogP) is 2.56. The first kappa shape index (κ1) is 20.4. The Morgan fingerprint density at radius 3 is 2.45 bits per heavy atom. The molecule has 0 radical (unpaired) electrons. The first-order valence-corrected chi connectivity index (χ1v) is 7.20. The Labute approximate surface area is 138 Å². The van der Waals surface area contributed by atoms with E-state index < -0.39 is 6.04 Å². The van der Waals surface area contributed by atoms with Crippen LogP contribution in [0.2, 0.25) is 0 Å². The molecule has 0 saturated carbocycles. The van der Waals surface area contributed by atoms with Gasteiger partial charge in [-0.05, 0) is 30.0 Å². The van der Waals surface area contributed by atoms with Crippen LogP contribution in [0, 0.1) is 5.41 Å². The molecule has 5 nitrogen and oxygen atoms in total. The summed E-state index contributed by atoms with van der Waals surface area (Å²) in [6, 6.07) is 6.22. The molecule has 2 amide bonds. The van der Waals surface area contributed by atoms with Crippen molar-refractivity contribution in [1.29, 1.82) is 0 Å². The maximum absolute atomic E-state index is 12.1. The Bertz CT molecular complexity index is 512. The Morgan fingerprint density at radius 2 is 1.91 bits per heavy atom. The van der Waals surface area contributed by atoms with E-state index in [2.05, 4.69) is 10.6 Å². The normalized spacial score (nSPS) is 12.0. The molecule has 1 aromatic rings. The van der Waals surface area contributed by atoms with Crippen LogP contribution in [0.15, 0.2) is 24.3 Å². The number of amides is 2. The number of carbonyl (C=O) groups excluding carboxylic acids is 2. The van der Waals surface area contributed by atoms with Crippen molar-refractivity contribution in [2.45, 2.75) is 40.2 Å². The van der Waals surface area contributed by atoms with Gasteiger partial charge in [0.15, 0.2) is 0 Å². The second kappa shape index (κ2) is 8.76. The summed E-state index contributed by atoms with van der Waals surface area (Å²) >= 11 is 0. The van der Waals surface area contributed by atoms with Crippen LogP contribution in [0.25, 0.3) is 0 Å². The van der Waals surface area contributed by atoms with E-state index in [1.54, 1.807) is 24.3 Å². The van der Waals surface area contributed by atoms with Gasteiger partial charge < -0.3 is 16.4 Å². The first-order valence-electron chi connectivity index (χ1n) is 7.20. The zero-order valence-electron chi connectivity index (χ0n) is 13.6. The highest BCUT2D eigenvalue weighted by atomic mass is 35.5. The number of rotatable bonds is 5. The average molecular weight is 328 g/mol. The summed E-state index contributed by atoms with van der Waals surface area (Å²) in [5.74, 6) is -0.401. The van der Waals surface area contributed by atoms with E-state index in [9.17, 15) is 9.59 Å². The standard InChI is InChI=1S/C16H25N3O2.ClH/c1-5-9-18-14(20)11-7-6-8-12(10-11)19-15(21)13(17)16(2,3)4;/h6-8,10,13H,5,9,17H2,1-4H3,(H,18,20)(H,19,21);1H/t13-;/m1./s1. The molecule has 22 heavy (non-hydrogen) atoms. The lowest BCUT2D eigenvalue weighted by molar-refractivity contribution is -0.119. The number of carbonyl (C=O) groups is 2. The highest BCUT2D eigenvalue weighted by molar-refractivity contribution is 5.98.